The normalized spacial score (nSPS) is 22.1. The molecule has 2 fully saturated rings. The van der Waals surface area contributed by atoms with Gasteiger partial charge in [0.1, 0.15) is 0 Å². The van der Waals surface area contributed by atoms with Gasteiger partial charge < -0.3 is 15.4 Å². The van der Waals surface area contributed by atoms with Crippen molar-refractivity contribution in [1.29, 1.82) is 0 Å². The Bertz CT molecular complexity index is 565. The largest absolute Gasteiger partial charge is 0.469 e. The first-order valence-corrected chi connectivity index (χ1v) is 7.32. The lowest BCUT2D eigenvalue weighted by atomic mass is 9.98. The van der Waals surface area contributed by atoms with Crippen molar-refractivity contribution in [2.24, 2.45) is 5.92 Å². The number of aromatic nitrogens is 2. The van der Waals surface area contributed by atoms with Crippen molar-refractivity contribution in [3.05, 3.63) is 11.4 Å². The van der Waals surface area contributed by atoms with Crippen LogP contribution in [-0.4, -0.2) is 47.2 Å². The van der Waals surface area contributed by atoms with Gasteiger partial charge in [-0.15, -0.1) is 0 Å². The van der Waals surface area contributed by atoms with Gasteiger partial charge in [-0.2, -0.15) is 5.10 Å². The molecule has 1 aromatic rings. The molecular formula is C14H20N4O3. The third kappa shape index (κ3) is 2.59. The summed E-state index contributed by atoms with van der Waals surface area (Å²) >= 11 is 0. The molecule has 1 saturated carbocycles. The zero-order valence-corrected chi connectivity index (χ0v) is 12.1. The number of rotatable bonds is 3. The summed E-state index contributed by atoms with van der Waals surface area (Å²) in [6, 6.07) is 0. The summed E-state index contributed by atoms with van der Waals surface area (Å²) in [5.74, 6) is -0.301. The third-order valence-electron chi connectivity index (χ3n) is 4.26. The Hall–Kier alpha value is -2.05. The van der Waals surface area contributed by atoms with Gasteiger partial charge in [0.25, 0.3) is 5.91 Å². The summed E-state index contributed by atoms with van der Waals surface area (Å²) in [5, 5.41) is 6.97. The van der Waals surface area contributed by atoms with E-state index in [1.807, 2.05) is 0 Å². The number of anilines is 1. The Balaban J connectivity index is 1.73. The molecule has 1 aliphatic heterocycles. The van der Waals surface area contributed by atoms with Gasteiger partial charge in [-0.05, 0) is 25.7 Å². The highest BCUT2D eigenvalue weighted by molar-refractivity contribution is 5.98. The molecule has 1 unspecified atom stereocenters. The Morgan fingerprint density at radius 2 is 2.14 bits per heavy atom. The van der Waals surface area contributed by atoms with Crippen molar-refractivity contribution in [3.8, 4) is 0 Å². The average molecular weight is 292 g/mol. The molecule has 3 N–H and O–H groups in total. The molecule has 2 heterocycles. The van der Waals surface area contributed by atoms with Crippen LogP contribution in [0.5, 0.6) is 0 Å². The second-order valence-electron chi connectivity index (χ2n) is 5.79. The summed E-state index contributed by atoms with van der Waals surface area (Å²) in [6.07, 6.45) is 3.72. The minimum Gasteiger partial charge on any atom is -0.469 e. The number of hydrogen-bond acceptors (Lipinski definition) is 5. The Kier molecular flexibility index (Phi) is 3.57. The Morgan fingerprint density at radius 1 is 1.38 bits per heavy atom. The zero-order valence-electron chi connectivity index (χ0n) is 12.1. The lowest BCUT2D eigenvalue weighted by Gasteiger charge is -2.30. The number of H-pyrrole nitrogens is 1. The molecule has 0 radical (unpaired) electrons. The van der Waals surface area contributed by atoms with Crippen molar-refractivity contribution >= 4 is 17.6 Å². The van der Waals surface area contributed by atoms with E-state index in [0.29, 0.717) is 24.7 Å². The zero-order chi connectivity index (χ0) is 15.0. The molecule has 7 heteroatoms. The van der Waals surface area contributed by atoms with Crippen LogP contribution in [0.3, 0.4) is 0 Å². The molecule has 0 aromatic carbocycles. The molecule has 1 amide bonds. The molecule has 21 heavy (non-hydrogen) atoms. The van der Waals surface area contributed by atoms with Gasteiger partial charge in [0.2, 0.25) is 0 Å². The third-order valence-corrected chi connectivity index (χ3v) is 4.26. The van der Waals surface area contributed by atoms with E-state index >= 15 is 0 Å². The van der Waals surface area contributed by atoms with Crippen LogP contribution in [0.4, 0.5) is 5.69 Å². The van der Waals surface area contributed by atoms with Crippen LogP contribution < -0.4 is 5.73 Å². The fourth-order valence-corrected chi connectivity index (χ4v) is 2.88. The maximum Gasteiger partial charge on any atom is 0.310 e. The van der Waals surface area contributed by atoms with E-state index in [0.717, 1.165) is 31.4 Å². The average Bonchev–Trinajstić information content (AvgIpc) is 3.28. The van der Waals surface area contributed by atoms with Gasteiger partial charge in [-0.3, -0.25) is 14.7 Å². The molecular weight excluding hydrogens is 272 g/mol. The number of likely N-dealkylation sites (tertiary alicyclic amines) is 1. The van der Waals surface area contributed by atoms with E-state index < -0.39 is 0 Å². The first-order chi connectivity index (χ1) is 10.1. The number of carbonyl (C=O) groups excluding carboxylic acids is 2. The number of nitrogen functional groups attached to an aromatic ring is 1. The monoisotopic (exact) mass is 292 g/mol. The first kappa shape index (κ1) is 13.9. The molecule has 1 saturated heterocycles. The number of aromatic amines is 1. The van der Waals surface area contributed by atoms with Crippen LogP contribution >= 0.6 is 0 Å². The number of ether oxygens (including phenoxy) is 1. The maximum absolute atomic E-state index is 12.5. The lowest BCUT2D eigenvalue weighted by Crippen LogP contribution is -2.43. The van der Waals surface area contributed by atoms with Crippen LogP contribution in [0.15, 0.2) is 0 Å². The molecule has 0 bridgehead atoms. The number of nitrogens with zero attached hydrogens (tertiary/aromatic N) is 2. The van der Waals surface area contributed by atoms with Gasteiger partial charge >= 0.3 is 5.97 Å². The van der Waals surface area contributed by atoms with Gasteiger partial charge in [0.15, 0.2) is 5.69 Å². The van der Waals surface area contributed by atoms with Crippen molar-refractivity contribution in [2.45, 2.75) is 31.6 Å². The molecule has 3 rings (SSSR count). The van der Waals surface area contributed by atoms with E-state index in [2.05, 4.69) is 10.2 Å². The lowest BCUT2D eigenvalue weighted by molar-refractivity contribution is -0.146. The number of piperidine rings is 1. The van der Waals surface area contributed by atoms with Gasteiger partial charge in [0.05, 0.1) is 24.4 Å². The second kappa shape index (κ2) is 5.38. The number of hydrogen-bond donors (Lipinski definition) is 2. The van der Waals surface area contributed by atoms with Crippen molar-refractivity contribution in [3.63, 3.8) is 0 Å². The van der Waals surface area contributed by atoms with E-state index in [9.17, 15) is 9.59 Å². The van der Waals surface area contributed by atoms with Gasteiger partial charge in [-0.1, -0.05) is 0 Å². The number of methoxy groups -OCH3 is 1. The van der Waals surface area contributed by atoms with Crippen molar-refractivity contribution in [1.82, 2.24) is 15.1 Å². The number of carbonyl (C=O) groups is 2. The highest BCUT2D eigenvalue weighted by atomic mass is 16.5. The van der Waals surface area contributed by atoms with Crippen LogP contribution in [0, 0.1) is 5.92 Å². The SMILES string of the molecule is COC(=O)C1CCCN(C(=O)c2n[nH]c(C3CC3)c2N)C1. The summed E-state index contributed by atoms with van der Waals surface area (Å²) in [7, 11) is 1.37. The smallest absolute Gasteiger partial charge is 0.310 e. The molecule has 1 aromatic heterocycles. The molecule has 0 spiro atoms. The maximum atomic E-state index is 12.5. The predicted octanol–water partition coefficient (Wildman–Crippen LogP) is 0.894. The van der Waals surface area contributed by atoms with E-state index in [-0.39, 0.29) is 23.5 Å². The minimum absolute atomic E-state index is 0.204. The van der Waals surface area contributed by atoms with Crippen LogP contribution in [-0.2, 0) is 9.53 Å². The molecule has 2 aliphatic rings. The fourth-order valence-electron chi connectivity index (χ4n) is 2.88. The van der Waals surface area contributed by atoms with E-state index in [1.165, 1.54) is 7.11 Å². The van der Waals surface area contributed by atoms with Crippen molar-refractivity contribution < 1.29 is 14.3 Å². The quantitative estimate of drug-likeness (QED) is 0.806. The standard InChI is InChI=1S/C14H20N4O3/c1-21-14(20)9-3-2-6-18(7-9)13(19)12-10(15)11(16-17-12)8-4-5-8/h8-9H,2-7,15H2,1H3,(H,16,17). The van der Waals surface area contributed by atoms with Crippen LogP contribution in [0.2, 0.25) is 0 Å². The number of nitrogens with one attached hydrogen (secondary N) is 1. The molecule has 1 atom stereocenters. The van der Waals surface area contributed by atoms with E-state index in [4.69, 9.17) is 10.5 Å². The molecule has 114 valence electrons. The number of nitrogens with two attached hydrogens (primary N) is 1. The molecule has 7 nitrogen and oxygen atoms in total. The number of esters is 1. The van der Waals surface area contributed by atoms with Gasteiger partial charge in [0, 0.05) is 19.0 Å². The summed E-state index contributed by atoms with van der Waals surface area (Å²) in [4.78, 5) is 25.8. The fraction of sp³-hybridized carbons (Fsp3) is 0.643. The molecule has 1 aliphatic carbocycles. The van der Waals surface area contributed by atoms with E-state index in [1.54, 1.807) is 4.90 Å². The van der Waals surface area contributed by atoms with Crippen molar-refractivity contribution in [2.75, 3.05) is 25.9 Å². The summed E-state index contributed by atoms with van der Waals surface area (Å²) in [6.45, 7) is 0.994. The first-order valence-electron chi connectivity index (χ1n) is 7.32. The Morgan fingerprint density at radius 3 is 2.81 bits per heavy atom. The van der Waals surface area contributed by atoms with Crippen LogP contribution in [0.1, 0.15) is 47.8 Å². The summed E-state index contributed by atoms with van der Waals surface area (Å²) < 4.78 is 4.77. The highest BCUT2D eigenvalue weighted by Crippen LogP contribution is 2.42. The van der Waals surface area contributed by atoms with Gasteiger partial charge in [-0.25, -0.2) is 0 Å². The topological polar surface area (TPSA) is 101 Å². The highest BCUT2D eigenvalue weighted by Gasteiger charge is 2.34. The predicted molar refractivity (Wildman–Crippen MR) is 75.6 cm³/mol. The number of amides is 1. The van der Waals surface area contributed by atoms with Crippen LogP contribution in [0.25, 0.3) is 0 Å². The summed E-state index contributed by atoms with van der Waals surface area (Å²) in [5.41, 5.74) is 7.66. The Labute approximate surface area is 122 Å². The minimum atomic E-state index is -0.263. The second-order valence-corrected chi connectivity index (χ2v) is 5.79.